The molecule has 1 amide bonds. The van der Waals surface area contributed by atoms with E-state index in [-0.39, 0.29) is 5.91 Å². The third-order valence-corrected chi connectivity index (χ3v) is 5.61. The molecule has 116 valence electrons. The zero-order valence-electron chi connectivity index (χ0n) is 12.7. The second-order valence-electron chi connectivity index (χ2n) is 6.12. The van der Waals surface area contributed by atoms with Gasteiger partial charge in [-0.3, -0.25) is 9.69 Å². The van der Waals surface area contributed by atoms with E-state index in [1.54, 1.807) is 11.3 Å². The summed E-state index contributed by atoms with van der Waals surface area (Å²) in [5.74, 6) is 0.847. The smallest absolute Gasteiger partial charge is 0.261 e. The molecule has 2 aliphatic rings. The van der Waals surface area contributed by atoms with Gasteiger partial charge in [-0.15, -0.1) is 11.3 Å². The van der Waals surface area contributed by atoms with Crippen LogP contribution in [0.5, 0.6) is 0 Å². The Kier molecular flexibility index (Phi) is 4.93. The summed E-state index contributed by atoms with van der Waals surface area (Å²) in [6, 6.07) is 2.11. The van der Waals surface area contributed by atoms with Crippen LogP contribution in [0, 0.1) is 5.92 Å². The summed E-state index contributed by atoms with van der Waals surface area (Å²) in [6.45, 7) is 7.49. The van der Waals surface area contributed by atoms with E-state index in [2.05, 4.69) is 23.2 Å². The molecule has 0 saturated carbocycles. The minimum Gasteiger partial charge on any atom is -0.379 e. The number of hydrogen-bond donors (Lipinski definition) is 1. The van der Waals surface area contributed by atoms with Crippen LogP contribution in [0.4, 0.5) is 0 Å². The second kappa shape index (κ2) is 6.90. The third kappa shape index (κ3) is 3.84. The summed E-state index contributed by atoms with van der Waals surface area (Å²) in [7, 11) is 0. The fraction of sp³-hybridized carbons (Fsp3) is 0.688. The summed E-state index contributed by atoms with van der Waals surface area (Å²) in [5.41, 5.74) is 1.40. The van der Waals surface area contributed by atoms with Crippen molar-refractivity contribution in [2.75, 3.05) is 39.4 Å². The third-order valence-electron chi connectivity index (χ3n) is 4.37. The van der Waals surface area contributed by atoms with Crippen molar-refractivity contribution in [3.05, 3.63) is 21.4 Å². The Labute approximate surface area is 130 Å². The largest absolute Gasteiger partial charge is 0.379 e. The Morgan fingerprint density at radius 2 is 2.29 bits per heavy atom. The van der Waals surface area contributed by atoms with Crippen LogP contribution in [-0.2, 0) is 17.6 Å². The van der Waals surface area contributed by atoms with E-state index in [1.165, 1.54) is 16.9 Å². The van der Waals surface area contributed by atoms with E-state index >= 15 is 0 Å². The molecule has 1 aliphatic carbocycles. The van der Waals surface area contributed by atoms with Crippen molar-refractivity contribution >= 4 is 17.2 Å². The normalized spacial score (nSPS) is 22.8. The lowest BCUT2D eigenvalue weighted by molar-refractivity contribution is 0.0383. The molecule has 0 unspecified atom stereocenters. The van der Waals surface area contributed by atoms with Gasteiger partial charge in [-0.05, 0) is 36.8 Å². The number of nitrogens with one attached hydrogen (secondary N) is 1. The number of amides is 1. The maximum Gasteiger partial charge on any atom is 0.261 e. The molecule has 21 heavy (non-hydrogen) atoms. The number of morpholine rings is 1. The molecule has 0 aromatic carbocycles. The number of carbonyl (C=O) groups is 1. The van der Waals surface area contributed by atoms with Gasteiger partial charge in [0.15, 0.2) is 0 Å². The van der Waals surface area contributed by atoms with E-state index in [0.717, 1.165) is 63.0 Å². The van der Waals surface area contributed by atoms with Crippen molar-refractivity contribution in [2.24, 2.45) is 5.92 Å². The zero-order chi connectivity index (χ0) is 14.7. The van der Waals surface area contributed by atoms with Crippen molar-refractivity contribution < 1.29 is 9.53 Å². The average Bonchev–Trinajstić information content (AvgIpc) is 2.91. The number of carbonyl (C=O) groups excluding carboxylic acids is 1. The Morgan fingerprint density at radius 3 is 3.10 bits per heavy atom. The highest BCUT2D eigenvalue weighted by molar-refractivity contribution is 7.14. The lowest BCUT2D eigenvalue weighted by Gasteiger charge is -2.26. The lowest BCUT2D eigenvalue weighted by atomic mass is 9.90. The van der Waals surface area contributed by atoms with Gasteiger partial charge in [0.1, 0.15) is 0 Å². The first-order chi connectivity index (χ1) is 10.2. The molecule has 3 rings (SSSR count). The number of thiophene rings is 1. The minimum absolute atomic E-state index is 0.0929. The molecular weight excluding hydrogens is 284 g/mol. The Hall–Kier alpha value is -0.910. The lowest BCUT2D eigenvalue weighted by Crippen LogP contribution is -2.41. The molecule has 0 spiro atoms. The molecule has 2 heterocycles. The molecule has 1 saturated heterocycles. The van der Waals surface area contributed by atoms with Crippen LogP contribution in [0.3, 0.4) is 0 Å². The van der Waals surface area contributed by atoms with Gasteiger partial charge in [-0.1, -0.05) is 6.92 Å². The molecule has 1 aliphatic heterocycles. The summed E-state index contributed by atoms with van der Waals surface area (Å²) >= 11 is 1.69. The molecular formula is C16H24N2O2S. The van der Waals surface area contributed by atoms with Crippen LogP contribution in [-0.4, -0.2) is 50.2 Å². The van der Waals surface area contributed by atoms with E-state index in [1.807, 2.05) is 0 Å². The van der Waals surface area contributed by atoms with Crippen molar-refractivity contribution in [2.45, 2.75) is 26.2 Å². The SMILES string of the molecule is C[C@H]1CCc2sc(C(=O)NCCN3CCOCC3)cc2C1. The highest BCUT2D eigenvalue weighted by atomic mass is 32.1. The first-order valence-electron chi connectivity index (χ1n) is 7.92. The monoisotopic (exact) mass is 308 g/mol. The predicted molar refractivity (Wildman–Crippen MR) is 85.1 cm³/mol. The Morgan fingerprint density at radius 1 is 1.48 bits per heavy atom. The quantitative estimate of drug-likeness (QED) is 0.924. The molecule has 1 N–H and O–H groups in total. The second-order valence-corrected chi connectivity index (χ2v) is 7.25. The molecule has 0 radical (unpaired) electrons. The average molecular weight is 308 g/mol. The molecule has 0 bridgehead atoms. The number of ether oxygens (including phenoxy) is 1. The highest BCUT2D eigenvalue weighted by Gasteiger charge is 2.20. The van der Waals surface area contributed by atoms with Gasteiger partial charge >= 0.3 is 0 Å². The van der Waals surface area contributed by atoms with Crippen LogP contribution in [0.15, 0.2) is 6.07 Å². The highest BCUT2D eigenvalue weighted by Crippen LogP contribution is 2.32. The van der Waals surface area contributed by atoms with Crippen molar-refractivity contribution in [1.29, 1.82) is 0 Å². The maximum atomic E-state index is 12.2. The van der Waals surface area contributed by atoms with E-state index in [9.17, 15) is 4.79 Å². The summed E-state index contributed by atoms with van der Waals surface area (Å²) < 4.78 is 5.32. The first kappa shape index (κ1) is 15.0. The van der Waals surface area contributed by atoms with Crippen molar-refractivity contribution in [3.63, 3.8) is 0 Å². The minimum atomic E-state index is 0.0929. The van der Waals surface area contributed by atoms with Gasteiger partial charge in [-0.2, -0.15) is 0 Å². The van der Waals surface area contributed by atoms with Crippen LogP contribution >= 0.6 is 11.3 Å². The standard InChI is InChI=1S/C16H24N2O2S/c1-12-2-3-14-13(10-12)11-15(21-14)16(19)17-4-5-18-6-8-20-9-7-18/h11-12H,2-10H2,1H3,(H,17,19)/t12-/m0/s1. The number of aryl methyl sites for hydroxylation is 1. The molecule has 4 nitrogen and oxygen atoms in total. The summed E-state index contributed by atoms with van der Waals surface area (Å²) in [6.07, 6.45) is 3.53. The number of rotatable bonds is 4. The number of nitrogens with zero attached hydrogens (tertiary/aromatic N) is 1. The van der Waals surface area contributed by atoms with Gasteiger partial charge in [0.25, 0.3) is 5.91 Å². The first-order valence-corrected chi connectivity index (χ1v) is 8.74. The summed E-state index contributed by atoms with van der Waals surface area (Å²) in [5, 5.41) is 3.06. The van der Waals surface area contributed by atoms with Gasteiger partial charge in [0.05, 0.1) is 18.1 Å². The van der Waals surface area contributed by atoms with Crippen molar-refractivity contribution in [3.8, 4) is 0 Å². The molecule has 1 atom stereocenters. The van der Waals surface area contributed by atoms with Gasteiger partial charge in [-0.25, -0.2) is 0 Å². The van der Waals surface area contributed by atoms with E-state index in [0.29, 0.717) is 0 Å². The van der Waals surface area contributed by atoms with E-state index < -0.39 is 0 Å². The summed E-state index contributed by atoms with van der Waals surface area (Å²) in [4.78, 5) is 16.9. The van der Waals surface area contributed by atoms with Crippen molar-refractivity contribution in [1.82, 2.24) is 10.2 Å². The molecule has 5 heteroatoms. The van der Waals surface area contributed by atoms with Gasteiger partial charge < -0.3 is 10.1 Å². The molecule has 1 aromatic heterocycles. The topological polar surface area (TPSA) is 41.6 Å². The van der Waals surface area contributed by atoms with E-state index in [4.69, 9.17) is 4.74 Å². The van der Waals surface area contributed by atoms with Gasteiger partial charge in [0, 0.05) is 31.1 Å². The predicted octanol–water partition coefficient (Wildman–Crippen LogP) is 1.93. The van der Waals surface area contributed by atoms with Crippen LogP contribution in [0.2, 0.25) is 0 Å². The van der Waals surface area contributed by atoms with Crippen LogP contribution in [0.1, 0.15) is 33.5 Å². The van der Waals surface area contributed by atoms with Crippen LogP contribution < -0.4 is 5.32 Å². The molecule has 1 fully saturated rings. The zero-order valence-corrected chi connectivity index (χ0v) is 13.5. The maximum absolute atomic E-state index is 12.2. The van der Waals surface area contributed by atoms with Gasteiger partial charge in [0.2, 0.25) is 0 Å². The van der Waals surface area contributed by atoms with Crippen LogP contribution in [0.25, 0.3) is 0 Å². The molecule has 1 aromatic rings. The Balaban J connectivity index is 1.49. The fourth-order valence-corrected chi connectivity index (χ4v) is 4.18. The number of hydrogen-bond acceptors (Lipinski definition) is 4. The fourth-order valence-electron chi connectivity index (χ4n) is 3.06. The number of fused-ring (bicyclic) bond motifs is 1. The Bertz CT molecular complexity index is 494.